The van der Waals surface area contributed by atoms with Gasteiger partial charge in [0.25, 0.3) is 0 Å². The van der Waals surface area contributed by atoms with Crippen LogP contribution < -0.4 is 4.74 Å². The predicted octanol–water partition coefficient (Wildman–Crippen LogP) is 3.83. The Labute approximate surface area is 165 Å². The zero-order valence-electron chi connectivity index (χ0n) is 16.5. The number of rotatable bonds is 3. The van der Waals surface area contributed by atoms with Crippen LogP contribution in [0.3, 0.4) is 0 Å². The Kier molecular flexibility index (Phi) is 5.17. The molecule has 2 atom stereocenters. The number of fused-ring (bicyclic) bond motifs is 1. The fourth-order valence-corrected chi connectivity index (χ4v) is 4.38. The first-order chi connectivity index (χ1) is 13.3. The van der Waals surface area contributed by atoms with Crippen LogP contribution in [0.25, 0.3) is 0 Å². The highest BCUT2D eigenvalue weighted by atomic mass is 19.1. The molecule has 2 aliphatic heterocycles. The van der Waals surface area contributed by atoms with Crippen LogP contribution in [0.2, 0.25) is 0 Å². The lowest BCUT2D eigenvalue weighted by Gasteiger charge is -2.46. The molecule has 0 aromatic heterocycles. The maximum absolute atomic E-state index is 13.5. The van der Waals surface area contributed by atoms with E-state index in [0.29, 0.717) is 24.3 Å². The SMILES string of the molecule is Cc1ccc(C(O)CN2CCC3(CC2)CC(O)c2cc(F)ccc2O3)cc1C. The molecule has 28 heavy (non-hydrogen) atoms. The summed E-state index contributed by atoms with van der Waals surface area (Å²) in [6.07, 6.45) is 0.819. The number of halogens is 1. The molecule has 1 fully saturated rings. The number of ether oxygens (including phenoxy) is 1. The Balaban J connectivity index is 1.39. The number of likely N-dealkylation sites (tertiary alicyclic amines) is 1. The molecule has 2 aromatic rings. The fourth-order valence-electron chi connectivity index (χ4n) is 4.38. The third kappa shape index (κ3) is 3.79. The highest BCUT2D eigenvalue weighted by Gasteiger charge is 2.43. The van der Waals surface area contributed by atoms with Gasteiger partial charge < -0.3 is 19.8 Å². The van der Waals surface area contributed by atoms with E-state index in [1.165, 1.54) is 23.3 Å². The zero-order valence-corrected chi connectivity index (χ0v) is 16.5. The lowest BCUT2D eigenvalue weighted by molar-refractivity contribution is -0.0589. The topological polar surface area (TPSA) is 52.9 Å². The highest BCUT2D eigenvalue weighted by Crippen LogP contribution is 2.44. The van der Waals surface area contributed by atoms with Gasteiger partial charge in [-0.25, -0.2) is 4.39 Å². The average Bonchev–Trinajstić information content (AvgIpc) is 2.67. The first-order valence-electron chi connectivity index (χ1n) is 9.99. The van der Waals surface area contributed by atoms with Gasteiger partial charge in [0, 0.05) is 31.6 Å². The summed E-state index contributed by atoms with van der Waals surface area (Å²) < 4.78 is 19.7. The van der Waals surface area contributed by atoms with E-state index in [4.69, 9.17) is 4.74 Å². The van der Waals surface area contributed by atoms with Crippen molar-refractivity contribution in [2.24, 2.45) is 0 Å². The van der Waals surface area contributed by atoms with E-state index >= 15 is 0 Å². The van der Waals surface area contributed by atoms with Gasteiger partial charge in [-0.05, 0) is 61.6 Å². The molecule has 2 aliphatic rings. The minimum atomic E-state index is -0.702. The molecule has 1 saturated heterocycles. The van der Waals surface area contributed by atoms with Gasteiger partial charge >= 0.3 is 0 Å². The van der Waals surface area contributed by atoms with Crippen LogP contribution in [0.15, 0.2) is 36.4 Å². The largest absolute Gasteiger partial charge is 0.487 e. The van der Waals surface area contributed by atoms with Gasteiger partial charge in [-0.1, -0.05) is 18.2 Å². The Morgan fingerprint density at radius 1 is 1.14 bits per heavy atom. The molecule has 150 valence electrons. The molecule has 4 nitrogen and oxygen atoms in total. The predicted molar refractivity (Wildman–Crippen MR) is 106 cm³/mol. The maximum atomic E-state index is 13.5. The average molecular weight is 385 g/mol. The standard InChI is InChI=1S/C23H28FNO3/c1-15-3-4-17(11-16(15)2)21(27)14-25-9-7-23(8-10-25)13-20(26)19-12-18(24)5-6-22(19)28-23/h3-6,11-12,20-21,26-27H,7-10,13-14H2,1-2H3. The van der Waals surface area contributed by atoms with Gasteiger partial charge in [0.1, 0.15) is 17.2 Å². The molecule has 4 rings (SSSR count). The number of nitrogens with zero attached hydrogens (tertiary/aromatic N) is 1. The van der Waals surface area contributed by atoms with E-state index in [1.54, 1.807) is 6.07 Å². The number of piperidine rings is 1. The summed E-state index contributed by atoms with van der Waals surface area (Å²) in [7, 11) is 0. The van der Waals surface area contributed by atoms with E-state index in [2.05, 4.69) is 30.9 Å². The molecule has 2 aromatic carbocycles. The van der Waals surface area contributed by atoms with Crippen LogP contribution >= 0.6 is 0 Å². The molecule has 2 N–H and O–H groups in total. The summed E-state index contributed by atoms with van der Waals surface area (Å²) in [6, 6.07) is 10.5. The highest BCUT2D eigenvalue weighted by molar-refractivity contribution is 5.38. The second-order valence-corrected chi connectivity index (χ2v) is 8.35. The molecule has 0 aliphatic carbocycles. The van der Waals surface area contributed by atoms with Crippen molar-refractivity contribution in [3.63, 3.8) is 0 Å². The second-order valence-electron chi connectivity index (χ2n) is 8.35. The number of β-amino-alcohol motifs (C(OH)–C–C–N with tert-alkyl or cyclic N) is 1. The van der Waals surface area contributed by atoms with Crippen molar-refractivity contribution in [1.82, 2.24) is 4.90 Å². The Morgan fingerprint density at radius 2 is 1.89 bits per heavy atom. The van der Waals surface area contributed by atoms with Crippen molar-refractivity contribution in [3.8, 4) is 5.75 Å². The molecule has 2 unspecified atom stereocenters. The van der Waals surface area contributed by atoms with Gasteiger partial charge in [-0.2, -0.15) is 0 Å². The van der Waals surface area contributed by atoms with E-state index in [0.717, 1.165) is 31.5 Å². The minimum Gasteiger partial charge on any atom is -0.487 e. The van der Waals surface area contributed by atoms with Gasteiger partial charge in [0.05, 0.1) is 12.2 Å². The first kappa shape index (κ1) is 19.4. The Hall–Kier alpha value is -1.95. The second kappa shape index (κ2) is 7.47. The quantitative estimate of drug-likeness (QED) is 0.843. The van der Waals surface area contributed by atoms with Crippen molar-refractivity contribution in [2.45, 2.75) is 50.9 Å². The Bertz CT molecular complexity index is 861. The first-order valence-corrected chi connectivity index (χ1v) is 9.99. The Morgan fingerprint density at radius 3 is 2.61 bits per heavy atom. The molecule has 0 amide bonds. The number of aliphatic hydroxyl groups is 2. The van der Waals surface area contributed by atoms with Crippen molar-refractivity contribution >= 4 is 0 Å². The third-order valence-corrected chi connectivity index (χ3v) is 6.34. The summed E-state index contributed by atoms with van der Waals surface area (Å²) in [5.74, 6) is 0.233. The summed E-state index contributed by atoms with van der Waals surface area (Å²) in [6.45, 7) is 6.31. The normalized spacial score (nSPS) is 22.5. The van der Waals surface area contributed by atoms with Gasteiger partial charge in [-0.15, -0.1) is 0 Å². The van der Waals surface area contributed by atoms with Crippen LogP contribution in [0, 0.1) is 19.7 Å². The van der Waals surface area contributed by atoms with Gasteiger partial charge in [-0.3, -0.25) is 0 Å². The molecule has 0 radical (unpaired) electrons. The third-order valence-electron chi connectivity index (χ3n) is 6.34. The lowest BCUT2D eigenvalue weighted by Crippen LogP contribution is -2.51. The molecule has 5 heteroatoms. The number of benzene rings is 2. The smallest absolute Gasteiger partial charge is 0.126 e. The summed E-state index contributed by atoms with van der Waals surface area (Å²) >= 11 is 0. The van der Waals surface area contributed by atoms with E-state index < -0.39 is 17.8 Å². The molecule has 2 heterocycles. The minimum absolute atomic E-state index is 0.354. The number of hydrogen-bond donors (Lipinski definition) is 2. The van der Waals surface area contributed by atoms with Crippen LogP contribution in [0.1, 0.15) is 53.7 Å². The lowest BCUT2D eigenvalue weighted by atomic mass is 9.81. The van der Waals surface area contributed by atoms with E-state index in [9.17, 15) is 14.6 Å². The molecular formula is C23H28FNO3. The van der Waals surface area contributed by atoms with Crippen molar-refractivity contribution in [3.05, 3.63) is 64.5 Å². The summed E-state index contributed by atoms with van der Waals surface area (Å²) in [5, 5.41) is 21.2. The number of aryl methyl sites for hydroxylation is 2. The molecule has 0 saturated carbocycles. The van der Waals surface area contributed by atoms with E-state index in [1.807, 2.05) is 6.07 Å². The van der Waals surface area contributed by atoms with Crippen LogP contribution in [0.4, 0.5) is 4.39 Å². The fraction of sp³-hybridized carbons (Fsp3) is 0.478. The molecular weight excluding hydrogens is 357 g/mol. The monoisotopic (exact) mass is 385 g/mol. The van der Waals surface area contributed by atoms with E-state index in [-0.39, 0.29) is 5.82 Å². The summed E-state index contributed by atoms with van der Waals surface area (Å²) in [4.78, 5) is 2.25. The van der Waals surface area contributed by atoms with Crippen LogP contribution in [-0.4, -0.2) is 40.3 Å². The molecule has 1 spiro atoms. The summed E-state index contributed by atoms with van der Waals surface area (Å²) in [5.41, 5.74) is 3.49. The molecule has 0 bridgehead atoms. The zero-order chi connectivity index (χ0) is 19.9. The number of aliphatic hydroxyl groups excluding tert-OH is 2. The van der Waals surface area contributed by atoms with Crippen molar-refractivity contribution in [2.75, 3.05) is 19.6 Å². The van der Waals surface area contributed by atoms with Gasteiger partial charge in [0.2, 0.25) is 0 Å². The van der Waals surface area contributed by atoms with Crippen molar-refractivity contribution in [1.29, 1.82) is 0 Å². The van der Waals surface area contributed by atoms with Crippen LogP contribution in [-0.2, 0) is 0 Å². The van der Waals surface area contributed by atoms with Crippen LogP contribution in [0.5, 0.6) is 5.75 Å². The van der Waals surface area contributed by atoms with Gasteiger partial charge in [0.15, 0.2) is 0 Å². The maximum Gasteiger partial charge on any atom is 0.126 e. The van der Waals surface area contributed by atoms with Crippen molar-refractivity contribution < 1.29 is 19.3 Å². The number of hydrogen-bond acceptors (Lipinski definition) is 4.